The summed E-state index contributed by atoms with van der Waals surface area (Å²) < 4.78 is 53.6. The molecule has 0 unspecified atom stereocenters. The molecule has 1 heterocycles. The lowest BCUT2D eigenvalue weighted by molar-refractivity contribution is -0.253. The van der Waals surface area contributed by atoms with Crippen LogP contribution in [-0.4, -0.2) is 29.5 Å². The summed E-state index contributed by atoms with van der Waals surface area (Å²) in [6, 6.07) is 3.10. The molecule has 2 rings (SSSR count). The molecule has 0 saturated heterocycles. The largest absolute Gasteiger partial charge is 0.461 e. The maximum absolute atomic E-state index is 12.8. The zero-order valence-electron chi connectivity index (χ0n) is 13.0. The Hall–Kier alpha value is -2.59. The number of amides is 3. The molecule has 3 amide bonds. The van der Waals surface area contributed by atoms with E-state index >= 15 is 0 Å². The molecule has 1 aromatic heterocycles. The third-order valence-corrected chi connectivity index (χ3v) is 3.50. The number of alkyl halides is 4. The van der Waals surface area contributed by atoms with Gasteiger partial charge in [0.1, 0.15) is 5.75 Å². The Morgan fingerprint density at radius 3 is 2.15 bits per heavy atom. The van der Waals surface area contributed by atoms with E-state index in [0.717, 1.165) is 36.7 Å². The van der Waals surface area contributed by atoms with Gasteiger partial charge >= 0.3 is 18.6 Å². The van der Waals surface area contributed by atoms with Crippen molar-refractivity contribution in [3.8, 4) is 5.75 Å². The third kappa shape index (κ3) is 5.44. The van der Waals surface area contributed by atoms with Crippen LogP contribution in [0.15, 0.2) is 36.7 Å². The van der Waals surface area contributed by atoms with Crippen molar-refractivity contribution in [2.24, 2.45) is 0 Å². The normalized spacial score (nSPS) is 11.2. The molecule has 0 bridgehead atoms. The lowest BCUT2D eigenvalue weighted by atomic mass is 10.2. The second kappa shape index (κ2) is 8.40. The van der Waals surface area contributed by atoms with E-state index in [-0.39, 0.29) is 21.3 Å². The predicted molar refractivity (Wildman–Crippen MR) is 88.8 cm³/mol. The monoisotopic (exact) mass is 425 g/mol. The summed E-state index contributed by atoms with van der Waals surface area (Å²) >= 11 is 11.6. The SMILES string of the molecule is O=C(NC(=O)c1c(Cl)cncc1Cl)Nc1ccc(OC(F)(F)C(F)F)cc1. The second-order valence-corrected chi connectivity index (χ2v) is 5.69. The lowest BCUT2D eigenvalue weighted by Crippen LogP contribution is -2.34. The van der Waals surface area contributed by atoms with Gasteiger partial charge in [0.05, 0.1) is 15.6 Å². The Balaban J connectivity index is 1.99. The molecule has 0 fully saturated rings. The van der Waals surface area contributed by atoms with Crippen LogP contribution in [-0.2, 0) is 0 Å². The lowest BCUT2D eigenvalue weighted by Gasteiger charge is -2.17. The van der Waals surface area contributed by atoms with Crippen molar-refractivity contribution in [1.82, 2.24) is 10.3 Å². The average molecular weight is 426 g/mol. The zero-order valence-corrected chi connectivity index (χ0v) is 14.5. The van der Waals surface area contributed by atoms with Gasteiger partial charge in [-0.05, 0) is 24.3 Å². The Morgan fingerprint density at radius 1 is 1.07 bits per heavy atom. The highest BCUT2D eigenvalue weighted by molar-refractivity contribution is 6.39. The molecule has 0 aliphatic heterocycles. The summed E-state index contributed by atoms with van der Waals surface area (Å²) in [6.45, 7) is 0. The smallest absolute Gasteiger partial charge is 0.428 e. The van der Waals surface area contributed by atoms with Crippen LogP contribution in [0.2, 0.25) is 10.0 Å². The van der Waals surface area contributed by atoms with Gasteiger partial charge in [-0.25, -0.2) is 4.79 Å². The van der Waals surface area contributed by atoms with Gasteiger partial charge in [-0.1, -0.05) is 23.2 Å². The number of ether oxygens (including phenoxy) is 1. The zero-order chi connectivity index (χ0) is 20.2. The van der Waals surface area contributed by atoms with Gasteiger partial charge in [0.2, 0.25) is 0 Å². The molecule has 2 N–H and O–H groups in total. The van der Waals surface area contributed by atoms with Crippen molar-refractivity contribution < 1.29 is 31.9 Å². The fraction of sp³-hybridized carbons (Fsp3) is 0.133. The quantitative estimate of drug-likeness (QED) is 0.686. The molecule has 0 saturated carbocycles. The molecule has 0 aliphatic rings. The van der Waals surface area contributed by atoms with Gasteiger partial charge in [-0.3, -0.25) is 15.1 Å². The number of aromatic nitrogens is 1. The molecule has 0 radical (unpaired) electrons. The van der Waals surface area contributed by atoms with E-state index in [1.54, 1.807) is 0 Å². The number of urea groups is 1. The summed E-state index contributed by atoms with van der Waals surface area (Å²) in [7, 11) is 0. The van der Waals surface area contributed by atoms with Crippen LogP contribution >= 0.6 is 23.2 Å². The number of nitrogens with one attached hydrogen (secondary N) is 2. The minimum atomic E-state index is -4.65. The highest BCUT2D eigenvalue weighted by Gasteiger charge is 2.43. The molecule has 12 heteroatoms. The van der Waals surface area contributed by atoms with Crippen molar-refractivity contribution in [3.63, 3.8) is 0 Å². The van der Waals surface area contributed by atoms with Crippen molar-refractivity contribution in [1.29, 1.82) is 0 Å². The van der Waals surface area contributed by atoms with Crippen LogP contribution in [0.4, 0.5) is 28.0 Å². The minimum Gasteiger partial charge on any atom is -0.428 e. The Kier molecular flexibility index (Phi) is 6.45. The van der Waals surface area contributed by atoms with Crippen molar-refractivity contribution >= 4 is 40.8 Å². The van der Waals surface area contributed by atoms with Crippen LogP contribution in [0.25, 0.3) is 0 Å². The fourth-order valence-electron chi connectivity index (χ4n) is 1.76. The number of pyridine rings is 1. The van der Waals surface area contributed by atoms with E-state index in [4.69, 9.17) is 23.2 Å². The van der Waals surface area contributed by atoms with Crippen LogP contribution < -0.4 is 15.4 Å². The molecular weight excluding hydrogens is 417 g/mol. The molecule has 0 atom stereocenters. The summed E-state index contributed by atoms with van der Waals surface area (Å²) in [4.78, 5) is 27.5. The van der Waals surface area contributed by atoms with Gasteiger partial charge in [0, 0.05) is 18.1 Å². The van der Waals surface area contributed by atoms with Crippen molar-refractivity contribution in [3.05, 3.63) is 52.3 Å². The summed E-state index contributed by atoms with van der Waals surface area (Å²) in [5, 5.41) is 4.04. The Bertz CT molecular complexity index is 830. The number of carbonyl (C=O) groups is 2. The number of carbonyl (C=O) groups excluding carboxylic acids is 2. The molecule has 2 aromatic rings. The topological polar surface area (TPSA) is 80.3 Å². The van der Waals surface area contributed by atoms with E-state index in [1.807, 2.05) is 5.32 Å². The van der Waals surface area contributed by atoms with Crippen LogP contribution in [0.1, 0.15) is 10.4 Å². The number of nitrogens with zero attached hydrogens (tertiary/aromatic N) is 1. The fourth-order valence-corrected chi connectivity index (χ4v) is 2.30. The maximum Gasteiger partial charge on any atom is 0.461 e. The highest BCUT2D eigenvalue weighted by Crippen LogP contribution is 2.28. The maximum atomic E-state index is 12.8. The molecule has 0 spiro atoms. The van der Waals surface area contributed by atoms with Crippen LogP contribution in [0.5, 0.6) is 5.75 Å². The number of imide groups is 1. The first-order valence-electron chi connectivity index (χ1n) is 6.96. The van der Waals surface area contributed by atoms with Gasteiger partial charge in [-0.15, -0.1) is 0 Å². The molecule has 27 heavy (non-hydrogen) atoms. The van der Waals surface area contributed by atoms with Crippen molar-refractivity contribution in [2.75, 3.05) is 5.32 Å². The van der Waals surface area contributed by atoms with Gasteiger partial charge in [0.25, 0.3) is 5.91 Å². The van der Waals surface area contributed by atoms with Gasteiger partial charge in [-0.2, -0.15) is 17.6 Å². The first-order chi connectivity index (χ1) is 12.6. The molecular formula is C15H9Cl2F4N3O3. The van der Waals surface area contributed by atoms with E-state index in [1.165, 1.54) is 0 Å². The average Bonchev–Trinajstić information content (AvgIpc) is 2.56. The number of hydrogen-bond donors (Lipinski definition) is 2. The first kappa shape index (κ1) is 20.7. The molecule has 6 nitrogen and oxygen atoms in total. The number of halogens is 6. The summed E-state index contributed by atoms with van der Waals surface area (Å²) in [6.07, 6.45) is -6.33. The van der Waals surface area contributed by atoms with Crippen LogP contribution in [0.3, 0.4) is 0 Å². The number of hydrogen-bond acceptors (Lipinski definition) is 4. The second-order valence-electron chi connectivity index (χ2n) is 4.88. The van der Waals surface area contributed by atoms with E-state index in [0.29, 0.717) is 0 Å². The Morgan fingerprint density at radius 2 is 1.63 bits per heavy atom. The van der Waals surface area contributed by atoms with Gasteiger partial charge < -0.3 is 10.1 Å². The highest BCUT2D eigenvalue weighted by atomic mass is 35.5. The summed E-state index contributed by atoms with van der Waals surface area (Å²) in [5.41, 5.74) is -0.0959. The van der Waals surface area contributed by atoms with Gasteiger partial charge in [0.15, 0.2) is 0 Å². The number of rotatable bonds is 5. The number of benzene rings is 1. The molecule has 0 aliphatic carbocycles. The van der Waals surface area contributed by atoms with E-state index in [9.17, 15) is 27.2 Å². The standard InChI is InChI=1S/C15H9Cl2F4N3O3/c16-9-5-22-6-10(17)11(9)12(25)24-14(26)23-7-1-3-8(4-2-7)27-15(20,21)13(18)19/h1-6,13H,(H2,23,24,25,26). The van der Waals surface area contributed by atoms with Crippen molar-refractivity contribution in [2.45, 2.75) is 12.5 Å². The summed E-state index contributed by atoms with van der Waals surface area (Å²) in [5.74, 6) is -1.45. The Labute approximate surface area is 159 Å². The van der Waals surface area contributed by atoms with E-state index in [2.05, 4.69) is 15.0 Å². The third-order valence-electron chi connectivity index (χ3n) is 2.93. The van der Waals surface area contributed by atoms with E-state index < -0.39 is 30.2 Å². The predicted octanol–water partition coefficient (Wildman–Crippen LogP) is 4.59. The van der Waals surface area contributed by atoms with Crippen LogP contribution in [0, 0.1) is 0 Å². The molecule has 1 aromatic carbocycles. The molecule has 144 valence electrons. The minimum absolute atomic E-state index is 0.0694. The number of anilines is 1. The first-order valence-corrected chi connectivity index (χ1v) is 7.72.